The number of allylic oxidation sites excluding steroid dienone is 1. The lowest BCUT2D eigenvalue weighted by Gasteiger charge is -2.13. The van der Waals surface area contributed by atoms with Crippen molar-refractivity contribution in [2.24, 2.45) is 0 Å². The van der Waals surface area contributed by atoms with Crippen molar-refractivity contribution in [3.8, 4) is 11.5 Å². The van der Waals surface area contributed by atoms with Gasteiger partial charge in [-0.05, 0) is 30.2 Å². The standard InChI is InChI=1S/C19H17Cl2NO5/c1-10(11-4-5-13(20)14(21)7-11)6-18(23)22-15-9-17(27-3)16(26-2)8-12(15)19(24)25/h4-9H,1-3H3,(H,22,23)(H,24,25)/b10-6-. The molecule has 0 fully saturated rings. The predicted molar refractivity (Wildman–Crippen MR) is 105 cm³/mol. The molecule has 0 aromatic heterocycles. The van der Waals surface area contributed by atoms with E-state index in [0.29, 0.717) is 26.9 Å². The van der Waals surface area contributed by atoms with Crippen LogP contribution in [0.4, 0.5) is 5.69 Å². The highest BCUT2D eigenvalue weighted by atomic mass is 35.5. The molecule has 2 rings (SSSR count). The minimum atomic E-state index is -1.21. The van der Waals surface area contributed by atoms with Gasteiger partial charge >= 0.3 is 5.97 Å². The van der Waals surface area contributed by atoms with Crippen LogP contribution < -0.4 is 14.8 Å². The maximum Gasteiger partial charge on any atom is 0.337 e. The van der Waals surface area contributed by atoms with Crippen LogP contribution in [0.15, 0.2) is 36.4 Å². The van der Waals surface area contributed by atoms with Gasteiger partial charge in [-0.25, -0.2) is 4.79 Å². The topological polar surface area (TPSA) is 84.9 Å². The Bertz CT molecular complexity index is 925. The first-order valence-corrected chi connectivity index (χ1v) is 8.46. The van der Waals surface area contributed by atoms with Gasteiger partial charge in [-0.2, -0.15) is 0 Å². The quantitative estimate of drug-likeness (QED) is 0.672. The van der Waals surface area contributed by atoms with E-state index < -0.39 is 11.9 Å². The highest BCUT2D eigenvalue weighted by Gasteiger charge is 2.17. The number of methoxy groups -OCH3 is 2. The molecule has 2 aromatic carbocycles. The van der Waals surface area contributed by atoms with Gasteiger partial charge in [0, 0.05) is 18.2 Å². The summed E-state index contributed by atoms with van der Waals surface area (Å²) in [4.78, 5) is 23.9. The number of hydrogen-bond donors (Lipinski definition) is 2. The summed E-state index contributed by atoms with van der Waals surface area (Å²) in [5, 5.41) is 12.7. The van der Waals surface area contributed by atoms with E-state index >= 15 is 0 Å². The molecule has 0 unspecified atom stereocenters. The lowest BCUT2D eigenvalue weighted by atomic mass is 10.1. The van der Waals surface area contributed by atoms with Crippen molar-refractivity contribution in [2.45, 2.75) is 6.92 Å². The van der Waals surface area contributed by atoms with Crippen LogP contribution in [0.5, 0.6) is 11.5 Å². The fourth-order valence-corrected chi connectivity index (χ4v) is 2.65. The number of carboxylic acid groups (broad SMARTS) is 1. The summed E-state index contributed by atoms with van der Waals surface area (Å²) < 4.78 is 10.3. The second-order valence-corrected chi connectivity index (χ2v) is 6.32. The van der Waals surface area contributed by atoms with E-state index in [4.69, 9.17) is 32.7 Å². The van der Waals surface area contributed by atoms with Crippen LogP contribution in [0.3, 0.4) is 0 Å². The highest BCUT2D eigenvalue weighted by Crippen LogP contribution is 2.33. The van der Waals surface area contributed by atoms with Crippen LogP contribution in [0.25, 0.3) is 5.57 Å². The minimum absolute atomic E-state index is 0.0864. The second kappa shape index (κ2) is 8.79. The summed E-state index contributed by atoms with van der Waals surface area (Å²) >= 11 is 11.9. The number of amides is 1. The van der Waals surface area contributed by atoms with Crippen molar-refractivity contribution in [1.82, 2.24) is 0 Å². The summed E-state index contributed by atoms with van der Waals surface area (Å²) in [7, 11) is 2.81. The number of carboxylic acids is 1. The summed E-state index contributed by atoms with van der Waals surface area (Å²) in [6, 6.07) is 7.68. The number of benzene rings is 2. The molecule has 0 aliphatic carbocycles. The Kier molecular flexibility index (Phi) is 6.71. The molecule has 0 aliphatic heterocycles. The molecule has 27 heavy (non-hydrogen) atoms. The lowest BCUT2D eigenvalue weighted by molar-refractivity contribution is -0.111. The van der Waals surface area contributed by atoms with Crippen LogP contribution in [-0.2, 0) is 4.79 Å². The van der Waals surface area contributed by atoms with Gasteiger partial charge in [0.15, 0.2) is 11.5 Å². The molecular weight excluding hydrogens is 393 g/mol. The van der Waals surface area contributed by atoms with E-state index in [1.54, 1.807) is 25.1 Å². The third kappa shape index (κ3) is 4.93. The molecule has 6 nitrogen and oxygen atoms in total. The SMILES string of the molecule is COc1cc(NC(=O)/C=C(/C)c2ccc(Cl)c(Cl)c2)c(C(=O)O)cc1OC. The number of carbonyl (C=O) groups excluding carboxylic acids is 1. The molecule has 0 saturated carbocycles. The average molecular weight is 410 g/mol. The Morgan fingerprint density at radius 3 is 2.22 bits per heavy atom. The zero-order valence-electron chi connectivity index (χ0n) is 14.8. The van der Waals surface area contributed by atoms with Crippen molar-refractivity contribution in [1.29, 1.82) is 0 Å². The summed E-state index contributed by atoms with van der Waals surface area (Å²) in [6.45, 7) is 1.73. The first kappa shape index (κ1) is 20.6. The Hall–Kier alpha value is -2.70. The molecule has 0 spiro atoms. The van der Waals surface area contributed by atoms with E-state index in [2.05, 4.69) is 5.32 Å². The van der Waals surface area contributed by atoms with Crippen molar-refractivity contribution in [2.75, 3.05) is 19.5 Å². The highest BCUT2D eigenvalue weighted by molar-refractivity contribution is 6.42. The molecule has 1 amide bonds. The van der Waals surface area contributed by atoms with Crippen LogP contribution in [0, 0.1) is 0 Å². The van der Waals surface area contributed by atoms with Crippen LogP contribution in [0.2, 0.25) is 10.0 Å². The van der Waals surface area contributed by atoms with Crippen LogP contribution in [-0.4, -0.2) is 31.2 Å². The second-order valence-electron chi connectivity index (χ2n) is 5.50. The molecule has 0 saturated heterocycles. The Labute approximate surface area is 166 Å². The molecular formula is C19H17Cl2NO5. The molecule has 0 aliphatic rings. The van der Waals surface area contributed by atoms with Gasteiger partial charge < -0.3 is 19.9 Å². The number of nitrogens with one attached hydrogen (secondary N) is 1. The van der Waals surface area contributed by atoms with Crippen molar-refractivity contribution < 1.29 is 24.2 Å². The van der Waals surface area contributed by atoms with Crippen LogP contribution in [0.1, 0.15) is 22.8 Å². The summed E-state index contributed by atoms with van der Waals surface area (Å²) in [6.07, 6.45) is 1.34. The van der Waals surface area contributed by atoms with Gasteiger partial charge in [-0.15, -0.1) is 0 Å². The Morgan fingerprint density at radius 1 is 1.04 bits per heavy atom. The largest absolute Gasteiger partial charge is 0.493 e. The zero-order valence-corrected chi connectivity index (χ0v) is 16.3. The average Bonchev–Trinajstić information content (AvgIpc) is 2.63. The molecule has 2 aromatic rings. The number of rotatable bonds is 6. The molecule has 142 valence electrons. The van der Waals surface area contributed by atoms with Gasteiger partial charge in [0.2, 0.25) is 5.91 Å². The lowest BCUT2D eigenvalue weighted by Crippen LogP contribution is -2.13. The fraction of sp³-hybridized carbons (Fsp3) is 0.158. The van der Waals surface area contributed by atoms with E-state index in [0.717, 1.165) is 0 Å². The predicted octanol–water partition coefficient (Wildman–Crippen LogP) is 4.75. The first-order chi connectivity index (χ1) is 12.8. The summed E-state index contributed by atoms with van der Waals surface area (Å²) in [5.74, 6) is -1.18. The van der Waals surface area contributed by atoms with Crippen molar-refractivity contribution in [3.05, 3.63) is 57.6 Å². The number of hydrogen-bond acceptors (Lipinski definition) is 4. The van der Waals surface area contributed by atoms with Gasteiger partial charge in [0.1, 0.15) is 0 Å². The molecule has 2 N–H and O–H groups in total. The maximum absolute atomic E-state index is 12.4. The van der Waals surface area contributed by atoms with E-state index in [9.17, 15) is 14.7 Å². The number of carbonyl (C=O) groups is 2. The van der Waals surface area contributed by atoms with Gasteiger partial charge in [-0.1, -0.05) is 29.3 Å². The zero-order chi connectivity index (χ0) is 20.1. The fourth-order valence-electron chi connectivity index (χ4n) is 2.35. The maximum atomic E-state index is 12.4. The van der Waals surface area contributed by atoms with E-state index in [1.165, 1.54) is 32.4 Å². The van der Waals surface area contributed by atoms with Crippen molar-refractivity contribution >= 4 is 46.3 Å². The normalized spacial score (nSPS) is 11.1. The number of anilines is 1. The molecule has 0 radical (unpaired) electrons. The van der Waals surface area contributed by atoms with Gasteiger partial charge in [0.05, 0.1) is 35.5 Å². The minimum Gasteiger partial charge on any atom is -0.493 e. The third-order valence-corrected chi connectivity index (χ3v) is 4.47. The Balaban J connectivity index is 2.33. The summed E-state index contributed by atoms with van der Waals surface area (Å²) in [5.41, 5.74) is 1.30. The van der Waals surface area contributed by atoms with E-state index in [1.807, 2.05) is 0 Å². The van der Waals surface area contributed by atoms with Crippen LogP contribution >= 0.6 is 23.2 Å². The number of halogens is 2. The smallest absolute Gasteiger partial charge is 0.337 e. The van der Waals surface area contributed by atoms with E-state index in [-0.39, 0.29) is 17.0 Å². The number of ether oxygens (including phenoxy) is 2. The number of aromatic carboxylic acids is 1. The monoisotopic (exact) mass is 409 g/mol. The first-order valence-electron chi connectivity index (χ1n) is 7.70. The molecule has 8 heteroatoms. The molecule has 0 heterocycles. The van der Waals surface area contributed by atoms with Crippen molar-refractivity contribution in [3.63, 3.8) is 0 Å². The molecule has 0 bridgehead atoms. The van der Waals surface area contributed by atoms with Gasteiger partial charge in [-0.3, -0.25) is 4.79 Å². The Morgan fingerprint density at radius 2 is 1.67 bits per heavy atom. The molecule has 0 atom stereocenters. The third-order valence-electron chi connectivity index (χ3n) is 3.73. The van der Waals surface area contributed by atoms with Gasteiger partial charge in [0.25, 0.3) is 0 Å².